The van der Waals surface area contributed by atoms with Gasteiger partial charge < -0.3 is 15.1 Å². The van der Waals surface area contributed by atoms with Gasteiger partial charge in [-0.3, -0.25) is 14.5 Å². The Labute approximate surface area is 176 Å². The average Bonchev–Trinajstić information content (AvgIpc) is 3.41. The normalized spacial score (nSPS) is 17.6. The van der Waals surface area contributed by atoms with Gasteiger partial charge in [0.05, 0.1) is 11.4 Å². The van der Waals surface area contributed by atoms with Crippen LogP contribution in [0.25, 0.3) is 0 Å². The number of hydrogen-bond acceptors (Lipinski definition) is 5. The Kier molecular flexibility index (Phi) is 6.16. The molecule has 1 aromatic heterocycles. The quantitative estimate of drug-likeness (QED) is 0.820. The zero-order valence-corrected chi connectivity index (χ0v) is 17.7. The van der Waals surface area contributed by atoms with Crippen molar-refractivity contribution in [2.75, 3.05) is 56.0 Å². The highest BCUT2D eigenvalue weighted by molar-refractivity contribution is 7.13. The summed E-state index contributed by atoms with van der Waals surface area (Å²) in [6.45, 7) is 7.36. The second-order valence-corrected chi connectivity index (χ2v) is 9.06. The Hall–Kier alpha value is -2.38. The number of carbonyl (C=O) groups is 2. The molecule has 0 atom stereocenters. The minimum absolute atomic E-state index is 0.00687. The van der Waals surface area contributed by atoms with Crippen LogP contribution in [0.2, 0.25) is 0 Å². The van der Waals surface area contributed by atoms with Gasteiger partial charge in [-0.1, -0.05) is 0 Å². The topological polar surface area (TPSA) is 55.9 Å². The predicted octanol–water partition coefficient (Wildman–Crippen LogP) is 3.05. The molecule has 0 bridgehead atoms. The molecule has 2 amide bonds. The summed E-state index contributed by atoms with van der Waals surface area (Å²) in [5.41, 5.74) is 2.06. The van der Waals surface area contributed by atoms with Gasteiger partial charge in [0.15, 0.2) is 0 Å². The Balaban J connectivity index is 1.23. The van der Waals surface area contributed by atoms with Crippen LogP contribution in [0.1, 0.15) is 27.4 Å². The van der Waals surface area contributed by atoms with Crippen molar-refractivity contribution in [2.45, 2.75) is 19.8 Å². The van der Waals surface area contributed by atoms with Gasteiger partial charge in [-0.25, -0.2) is 0 Å². The molecule has 2 saturated heterocycles. The third-order valence-corrected chi connectivity index (χ3v) is 6.59. The van der Waals surface area contributed by atoms with E-state index in [1.54, 1.807) is 0 Å². The average molecular weight is 413 g/mol. The van der Waals surface area contributed by atoms with Crippen LogP contribution in [0.3, 0.4) is 0 Å². The van der Waals surface area contributed by atoms with Crippen LogP contribution in [-0.2, 0) is 4.79 Å². The summed E-state index contributed by atoms with van der Waals surface area (Å²) in [5, 5.41) is 2.99. The molecule has 0 spiro atoms. The van der Waals surface area contributed by atoms with Gasteiger partial charge in [0.1, 0.15) is 0 Å². The fourth-order valence-electron chi connectivity index (χ4n) is 3.95. The zero-order chi connectivity index (χ0) is 20.2. The Morgan fingerprint density at radius 1 is 0.931 bits per heavy atom. The van der Waals surface area contributed by atoms with E-state index in [4.69, 9.17) is 0 Å². The molecule has 1 N–H and O–H groups in total. The van der Waals surface area contributed by atoms with Crippen LogP contribution in [0.4, 0.5) is 11.4 Å². The maximum absolute atomic E-state index is 12.5. The molecule has 7 heteroatoms. The minimum atomic E-state index is -0.00687. The van der Waals surface area contributed by atoms with E-state index in [2.05, 4.69) is 27.2 Å². The van der Waals surface area contributed by atoms with E-state index in [-0.39, 0.29) is 11.8 Å². The third-order valence-electron chi connectivity index (χ3n) is 5.60. The van der Waals surface area contributed by atoms with Gasteiger partial charge in [0, 0.05) is 55.5 Å². The summed E-state index contributed by atoms with van der Waals surface area (Å²) in [4.78, 5) is 33.3. The number of aryl methyl sites for hydroxylation is 1. The molecule has 2 aliphatic heterocycles. The molecule has 2 aliphatic rings. The number of thiophene rings is 1. The summed E-state index contributed by atoms with van der Waals surface area (Å²) < 4.78 is 0. The lowest BCUT2D eigenvalue weighted by molar-refractivity contribution is -0.117. The van der Waals surface area contributed by atoms with Crippen LogP contribution in [0.15, 0.2) is 36.4 Å². The number of benzene rings is 1. The predicted molar refractivity (Wildman–Crippen MR) is 118 cm³/mol. The van der Waals surface area contributed by atoms with E-state index in [1.165, 1.54) is 29.9 Å². The summed E-state index contributed by atoms with van der Waals surface area (Å²) in [6, 6.07) is 12.0. The zero-order valence-electron chi connectivity index (χ0n) is 16.9. The first-order chi connectivity index (χ1) is 14.1. The molecule has 154 valence electrons. The summed E-state index contributed by atoms with van der Waals surface area (Å²) in [6.07, 6.45) is 2.51. The van der Waals surface area contributed by atoms with E-state index in [9.17, 15) is 9.59 Å². The SMILES string of the molecule is Cc1ccc(C(=O)N2CCN(CC(=O)Nc3ccc(N4CCCC4)cc3)CC2)s1. The molecule has 0 saturated carbocycles. The molecule has 1 aromatic carbocycles. The number of anilines is 2. The number of piperazine rings is 1. The van der Waals surface area contributed by atoms with Gasteiger partial charge >= 0.3 is 0 Å². The molecule has 0 radical (unpaired) electrons. The van der Waals surface area contributed by atoms with Crippen molar-refractivity contribution in [3.63, 3.8) is 0 Å². The van der Waals surface area contributed by atoms with Crippen LogP contribution >= 0.6 is 11.3 Å². The van der Waals surface area contributed by atoms with Crippen LogP contribution in [0, 0.1) is 6.92 Å². The molecule has 2 fully saturated rings. The highest BCUT2D eigenvalue weighted by Gasteiger charge is 2.24. The second kappa shape index (κ2) is 8.97. The smallest absolute Gasteiger partial charge is 0.264 e. The van der Waals surface area contributed by atoms with Gasteiger partial charge in [0.25, 0.3) is 5.91 Å². The summed E-state index contributed by atoms with van der Waals surface area (Å²) >= 11 is 1.54. The van der Waals surface area contributed by atoms with Gasteiger partial charge in [0.2, 0.25) is 5.91 Å². The Morgan fingerprint density at radius 2 is 1.62 bits per heavy atom. The number of hydrogen-bond donors (Lipinski definition) is 1. The van der Waals surface area contributed by atoms with E-state index < -0.39 is 0 Å². The van der Waals surface area contributed by atoms with Gasteiger partial charge in [-0.15, -0.1) is 11.3 Å². The van der Waals surface area contributed by atoms with Crippen molar-refractivity contribution >= 4 is 34.5 Å². The lowest BCUT2D eigenvalue weighted by Gasteiger charge is -2.34. The molecule has 0 aliphatic carbocycles. The Morgan fingerprint density at radius 3 is 2.24 bits per heavy atom. The highest BCUT2D eigenvalue weighted by Crippen LogP contribution is 2.22. The standard InChI is InChI=1S/C22H28N4O2S/c1-17-4-9-20(29-17)22(28)26-14-12-24(13-15-26)16-21(27)23-18-5-7-19(8-6-18)25-10-2-3-11-25/h4-9H,2-3,10-16H2,1H3,(H,23,27). The summed E-state index contributed by atoms with van der Waals surface area (Å²) in [7, 11) is 0. The molecule has 2 aromatic rings. The number of carbonyl (C=O) groups excluding carboxylic acids is 2. The van der Waals surface area contributed by atoms with E-state index in [0.717, 1.165) is 41.6 Å². The number of rotatable bonds is 5. The Bertz CT molecular complexity index is 850. The fourth-order valence-corrected chi connectivity index (χ4v) is 4.78. The van der Waals surface area contributed by atoms with Crippen molar-refractivity contribution < 1.29 is 9.59 Å². The van der Waals surface area contributed by atoms with Gasteiger partial charge in [-0.05, 0) is 56.2 Å². The molecule has 4 rings (SSSR count). The number of nitrogens with one attached hydrogen (secondary N) is 1. The third kappa shape index (κ3) is 4.97. The molecule has 0 unspecified atom stereocenters. The van der Waals surface area contributed by atoms with Crippen molar-refractivity contribution in [3.8, 4) is 0 Å². The maximum Gasteiger partial charge on any atom is 0.264 e. The van der Waals surface area contributed by atoms with Crippen molar-refractivity contribution in [3.05, 3.63) is 46.2 Å². The first-order valence-corrected chi connectivity index (χ1v) is 11.1. The first kappa shape index (κ1) is 19.9. The number of nitrogens with zero attached hydrogens (tertiary/aromatic N) is 3. The lowest BCUT2D eigenvalue weighted by Crippen LogP contribution is -2.50. The van der Waals surface area contributed by atoms with Crippen LogP contribution in [-0.4, -0.2) is 67.4 Å². The van der Waals surface area contributed by atoms with Gasteiger partial charge in [-0.2, -0.15) is 0 Å². The maximum atomic E-state index is 12.5. The number of amides is 2. The molecule has 29 heavy (non-hydrogen) atoms. The largest absolute Gasteiger partial charge is 0.372 e. The molecule has 3 heterocycles. The molecule has 6 nitrogen and oxygen atoms in total. The van der Waals surface area contributed by atoms with Crippen LogP contribution < -0.4 is 10.2 Å². The van der Waals surface area contributed by atoms with E-state index in [1.807, 2.05) is 36.1 Å². The van der Waals surface area contributed by atoms with Crippen molar-refractivity contribution in [2.24, 2.45) is 0 Å². The van der Waals surface area contributed by atoms with Crippen molar-refractivity contribution in [1.29, 1.82) is 0 Å². The molecular weight excluding hydrogens is 384 g/mol. The molecular formula is C22H28N4O2S. The fraction of sp³-hybridized carbons (Fsp3) is 0.455. The summed E-state index contributed by atoms with van der Waals surface area (Å²) in [5.74, 6) is 0.0953. The lowest BCUT2D eigenvalue weighted by atomic mass is 10.2. The monoisotopic (exact) mass is 412 g/mol. The second-order valence-electron chi connectivity index (χ2n) is 7.77. The van der Waals surface area contributed by atoms with Crippen molar-refractivity contribution in [1.82, 2.24) is 9.80 Å². The van der Waals surface area contributed by atoms with E-state index >= 15 is 0 Å². The van der Waals surface area contributed by atoms with Crippen LogP contribution in [0.5, 0.6) is 0 Å². The first-order valence-electron chi connectivity index (χ1n) is 10.3. The minimum Gasteiger partial charge on any atom is -0.372 e. The highest BCUT2D eigenvalue weighted by atomic mass is 32.1. The van der Waals surface area contributed by atoms with E-state index in [0.29, 0.717) is 19.6 Å².